The van der Waals surface area contributed by atoms with Gasteiger partial charge in [-0.05, 0) is 36.4 Å². The monoisotopic (exact) mass is 460 g/mol. The highest BCUT2D eigenvalue weighted by Crippen LogP contribution is 2.25. The van der Waals surface area contributed by atoms with Crippen LogP contribution in [0.5, 0.6) is 0 Å². The summed E-state index contributed by atoms with van der Waals surface area (Å²) in [6.07, 6.45) is 0. The van der Waals surface area contributed by atoms with Crippen LogP contribution >= 0.6 is 0 Å². The molecule has 0 heterocycles. The Labute approximate surface area is 188 Å². The minimum absolute atomic E-state index is 0.0366. The van der Waals surface area contributed by atoms with E-state index in [2.05, 4.69) is 8.76 Å². The predicted octanol–water partition coefficient (Wildman–Crippen LogP) is 5.41. The summed E-state index contributed by atoms with van der Waals surface area (Å²) < 4.78 is 49.0. The topological polar surface area (TPSA) is 75.9 Å². The zero-order valence-corrected chi connectivity index (χ0v) is 18.6. The molecular formula is C25H20N2O3S2. The molecule has 4 rings (SSSR count). The van der Waals surface area contributed by atoms with Gasteiger partial charge in [-0.1, -0.05) is 84.9 Å². The molecular weight excluding hydrogens is 440 g/mol. The smallest absolute Gasteiger partial charge is 0.239 e. The predicted molar refractivity (Wildman–Crippen MR) is 127 cm³/mol. The van der Waals surface area contributed by atoms with E-state index in [1.165, 1.54) is 12.1 Å². The molecule has 4 aromatic rings. The fourth-order valence-electron chi connectivity index (χ4n) is 3.04. The average molecular weight is 461 g/mol. The SMILES string of the molecule is O=S(=O)(/N=C(/N=S(=O)(c1ccccc1)c1ccccc1)c1ccccc1)c1ccccc1. The maximum absolute atomic E-state index is 14.4. The molecule has 32 heavy (non-hydrogen) atoms. The molecule has 0 saturated carbocycles. The van der Waals surface area contributed by atoms with Gasteiger partial charge in [0.25, 0.3) is 10.0 Å². The highest BCUT2D eigenvalue weighted by atomic mass is 32.2. The summed E-state index contributed by atoms with van der Waals surface area (Å²) in [5, 5.41) is 0. The molecule has 7 heteroatoms. The quantitative estimate of drug-likeness (QED) is 0.295. The first-order chi connectivity index (χ1) is 15.5. The Morgan fingerprint density at radius 1 is 0.500 bits per heavy atom. The van der Waals surface area contributed by atoms with Gasteiger partial charge in [-0.15, -0.1) is 4.40 Å². The van der Waals surface area contributed by atoms with Crippen LogP contribution < -0.4 is 0 Å². The number of nitrogens with zero attached hydrogens (tertiary/aromatic N) is 2. The van der Waals surface area contributed by atoms with Crippen LogP contribution in [0.15, 0.2) is 145 Å². The Bertz CT molecular complexity index is 1400. The van der Waals surface area contributed by atoms with E-state index in [0.29, 0.717) is 15.4 Å². The lowest BCUT2D eigenvalue weighted by Crippen LogP contribution is -2.10. The van der Waals surface area contributed by atoms with Crippen molar-refractivity contribution < 1.29 is 12.6 Å². The Hall–Kier alpha value is -3.55. The molecule has 0 aliphatic rings. The molecule has 0 aromatic heterocycles. The summed E-state index contributed by atoms with van der Waals surface area (Å²) in [5.74, 6) is -0.118. The zero-order chi connectivity index (χ0) is 22.4. The third kappa shape index (κ3) is 4.69. The summed E-state index contributed by atoms with van der Waals surface area (Å²) in [6, 6.07) is 34.2. The van der Waals surface area contributed by atoms with E-state index in [0.717, 1.165) is 0 Å². The normalized spacial score (nSPS) is 12.3. The molecule has 0 radical (unpaired) electrons. The summed E-state index contributed by atoms with van der Waals surface area (Å²) >= 11 is 0. The molecule has 0 bridgehead atoms. The van der Waals surface area contributed by atoms with E-state index in [4.69, 9.17) is 0 Å². The first-order valence-corrected chi connectivity index (χ1v) is 12.8. The van der Waals surface area contributed by atoms with Crippen LogP contribution in [0.2, 0.25) is 0 Å². The molecule has 0 unspecified atom stereocenters. The average Bonchev–Trinajstić information content (AvgIpc) is 2.85. The summed E-state index contributed by atoms with van der Waals surface area (Å²) in [4.78, 5) is 0.966. The van der Waals surface area contributed by atoms with E-state index < -0.39 is 19.8 Å². The van der Waals surface area contributed by atoms with Crippen LogP contribution in [0.1, 0.15) is 5.56 Å². The lowest BCUT2D eigenvalue weighted by molar-refractivity contribution is 0.598. The van der Waals surface area contributed by atoms with Gasteiger partial charge >= 0.3 is 0 Å². The third-order valence-corrected chi connectivity index (χ3v) is 8.15. The van der Waals surface area contributed by atoms with Gasteiger partial charge < -0.3 is 0 Å². The van der Waals surface area contributed by atoms with Crippen LogP contribution in [0.4, 0.5) is 0 Å². The molecule has 0 aliphatic heterocycles. The van der Waals surface area contributed by atoms with E-state index in [9.17, 15) is 12.6 Å². The minimum Gasteiger partial charge on any atom is -0.239 e. The summed E-state index contributed by atoms with van der Waals surface area (Å²) in [6.45, 7) is 0. The highest BCUT2D eigenvalue weighted by molar-refractivity contribution is 7.94. The number of hydrogen-bond donors (Lipinski definition) is 0. The molecule has 0 amide bonds. The van der Waals surface area contributed by atoms with Crippen LogP contribution in [-0.4, -0.2) is 18.5 Å². The molecule has 0 N–H and O–H groups in total. The molecule has 4 aromatic carbocycles. The Kier molecular flexibility index (Phi) is 6.30. The largest absolute Gasteiger partial charge is 0.284 e. The molecule has 0 spiro atoms. The van der Waals surface area contributed by atoms with Crippen molar-refractivity contribution in [1.82, 2.24) is 0 Å². The molecule has 160 valence electrons. The minimum atomic E-state index is -4.08. The van der Waals surface area contributed by atoms with Crippen molar-refractivity contribution in [2.24, 2.45) is 8.76 Å². The van der Waals surface area contributed by atoms with E-state index in [1.54, 1.807) is 97.1 Å². The Balaban J connectivity index is 2.02. The van der Waals surface area contributed by atoms with Crippen molar-refractivity contribution in [3.63, 3.8) is 0 Å². The number of amidine groups is 1. The highest BCUT2D eigenvalue weighted by Gasteiger charge is 2.20. The van der Waals surface area contributed by atoms with Gasteiger partial charge in [0.1, 0.15) is 9.73 Å². The molecule has 0 saturated heterocycles. The Morgan fingerprint density at radius 2 is 0.875 bits per heavy atom. The van der Waals surface area contributed by atoms with E-state index in [1.807, 2.05) is 12.1 Å². The lowest BCUT2D eigenvalue weighted by Gasteiger charge is -2.12. The van der Waals surface area contributed by atoms with Crippen LogP contribution in [0, 0.1) is 0 Å². The van der Waals surface area contributed by atoms with Gasteiger partial charge in [-0.2, -0.15) is 12.8 Å². The number of hydrogen-bond acceptors (Lipinski definition) is 3. The van der Waals surface area contributed by atoms with Crippen LogP contribution in [-0.2, 0) is 19.8 Å². The van der Waals surface area contributed by atoms with Crippen molar-refractivity contribution in [1.29, 1.82) is 0 Å². The second-order valence-corrected chi connectivity index (χ2v) is 10.6. The van der Waals surface area contributed by atoms with Crippen LogP contribution in [0.3, 0.4) is 0 Å². The standard InChI is InChI=1S/C25H20N2O3S2/c28-31(22-15-7-2-8-16-22,23-17-9-3-10-18-23)26-25(21-13-5-1-6-14-21)27-32(29,30)24-19-11-4-12-20-24/h1-20H/b27-25+. The molecule has 5 nitrogen and oxygen atoms in total. The van der Waals surface area contributed by atoms with Gasteiger partial charge in [0.05, 0.1) is 14.7 Å². The van der Waals surface area contributed by atoms with Crippen molar-refractivity contribution in [3.05, 3.63) is 127 Å². The van der Waals surface area contributed by atoms with Crippen molar-refractivity contribution >= 4 is 25.6 Å². The van der Waals surface area contributed by atoms with Crippen molar-refractivity contribution in [3.8, 4) is 0 Å². The number of rotatable bonds is 5. The maximum atomic E-state index is 14.4. The van der Waals surface area contributed by atoms with Crippen LogP contribution in [0.25, 0.3) is 0 Å². The van der Waals surface area contributed by atoms with Gasteiger partial charge in [0, 0.05) is 5.56 Å². The third-order valence-electron chi connectivity index (χ3n) is 4.62. The van der Waals surface area contributed by atoms with Gasteiger partial charge in [0.15, 0.2) is 5.84 Å². The molecule has 0 fully saturated rings. The second kappa shape index (κ2) is 9.30. The van der Waals surface area contributed by atoms with E-state index >= 15 is 0 Å². The first kappa shape index (κ1) is 21.7. The summed E-state index contributed by atoms with van der Waals surface area (Å²) in [5.41, 5.74) is 0.451. The fraction of sp³-hybridized carbons (Fsp3) is 0. The number of benzene rings is 4. The zero-order valence-electron chi connectivity index (χ0n) is 17.0. The fourth-order valence-corrected chi connectivity index (χ4v) is 6.00. The second-order valence-electron chi connectivity index (χ2n) is 6.81. The van der Waals surface area contributed by atoms with E-state index in [-0.39, 0.29) is 10.7 Å². The van der Waals surface area contributed by atoms with Gasteiger partial charge in [-0.25, -0.2) is 4.21 Å². The molecule has 0 aliphatic carbocycles. The number of sulfonamides is 1. The van der Waals surface area contributed by atoms with Crippen molar-refractivity contribution in [2.45, 2.75) is 14.7 Å². The molecule has 0 atom stereocenters. The van der Waals surface area contributed by atoms with Gasteiger partial charge in [0.2, 0.25) is 0 Å². The first-order valence-electron chi connectivity index (χ1n) is 9.82. The lowest BCUT2D eigenvalue weighted by atomic mass is 10.2. The maximum Gasteiger partial charge on any atom is 0.284 e. The van der Waals surface area contributed by atoms with Gasteiger partial charge in [-0.3, -0.25) is 0 Å². The Morgan fingerprint density at radius 3 is 1.31 bits per heavy atom. The summed E-state index contributed by atoms with van der Waals surface area (Å²) in [7, 11) is -7.29. The van der Waals surface area contributed by atoms with Crippen molar-refractivity contribution in [2.75, 3.05) is 0 Å².